The zero-order valence-corrected chi connectivity index (χ0v) is 11.2. The lowest BCUT2D eigenvalue weighted by atomic mass is 9.96. The largest absolute Gasteiger partial charge is 0.360 e. The molecule has 0 amide bonds. The SMILES string of the molecule is CCN(C)c1ncccc1[C@H]1CCCCN1C. The summed E-state index contributed by atoms with van der Waals surface area (Å²) in [5.74, 6) is 1.15. The molecular weight excluding hydrogens is 210 g/mol. The van der Waals surface area contributed by atoms with Crippen LogP contribution in [0.5, 0.6) is 0 Å². The molecule has 3 heteroatoms. The first-order valence-electron chi connectivity index (χ1n) is 6.60. The van der Waals surface area contributed by atoms with Crippen molar-refractivity contribution in [3.05, 3.63) is 23.9 Å². The number of anilines is 1. The number of likely N-dealkylation sites (tertiary alicyclic amines) is 1. The Balaban J connectivity index is 2.30. The smallest absolute Gasteiger partial charge is 0.133 e. The third-order valence-electron chi connectivity index (χ3n) is 3.78. The summed E-state index contributed by atoms with van der Waals surface area (Å²) in [6.07, 6.45) is 5.81. The number of hydrogen-bond acceptors (Lipinski definition) is 3. The molecule has 94 valence electrons. The number of hydrogen-bond donors (Lipinski definition) is 0. The molecule has 1 fully saturated rings. The second kappa shape index (κ2) is 5.50. The van der Waals surface area contributed by atoms with E-state index in [2.05, 4.69) is 47.9 Å². The molecule has 0 N–H and O–H groups in total. The van der Waals surface area contributed by atoms with E-state index >= 15 is 0 Å². The molecule has 0 radical (unpaired) electrons. The van der Waals surface area contributed by atoms with Crippen molar-refractivity contribution < 1.29 is 0 Å². The maximum Gasteiger partial charge on any atom is 0.133 e. The van der Waals surface area contributed by atoms with Crippen molar-refractivity contribution in [1.82, 2.24) is 9.88 Å². The first-order chi connectivity index (χ1) is 8.24. The van der Waals surface area contributed by atoms with Crippen molar-refractivity contribution in [2.24, 2.45) is 0 Å². The third-order valence-corrected chi connectivity index (χ3v) is 3.78. The van der Waals surface area contributed by atoms with E-state index in [0.717, 1.165) is 12.4 Å². The Morgan fingerprint density at radius 3 is 3.00 bits per heavy atom. The molecular formula is C14H23N3. The molecule has 2 heterocycles. The maximum absolute atomic E-state index is 4.56. The van der Waals surface area contributed by atoms with Crippen LogP contribution in [0.1, 0.15) is 37.8 Å². The van der Waals surface area contributed by atoms with Crippen molar-refractivity contribution in [3.8, 4) is 0 Å². The minimum Gasteiger partial charge on any atom is -0.360 e. The molecule has 1 aliphatic heterocycles. The van der Waals surface area contributed by atoms with E-state index in [1.54, 1.807) is 0 Å². The predicted molar refractivity (Wildman–Crippen MR) is 72.4 cm³/mol. The fourth-order valence-corrected chi connectivity index (χ4v) is 2.61. The van der Waals surface area contributed by atoms with Gasteiger partial charge in [0.1, 0.15) is 5.82 Å². The van der Waals surface area contributed by atoms with Crippen LogP contribution in [0.4, 0.5) is 5.82 Å². The molecule has 0 saturated carbocycles. The van der Waals surface area contributed by atoms with Gasteiger partial charge in [-0.1, -0.05) is 12.5 Å². The van der Waals surface area contributed by atoms with Crippen molar-refractivity contribution in [3.63, 3.8) is 0 Å². The lowest BCUT2D eigenvalue weighted by molar-refractivity contribution is 0.187. The number of pyridine rings is 1. The lowest BCUT2D eigenvalue weighted by Gasteiger charge is -2.34. The maximum atomic E-state index is 4.56. The highest BCUT2D eigenvalue weighted by Gasteiger charge is 2.24. The molecule has 1 aliphatic rings. The normalized spacial score (nSPS) is 21.5. The van der Waals surface area contributed by atoms with E-state index in [0.29, 0.717) is 6.04 Å². The van der Waals surface area contributed by atoms with E-state index in [4.69, 9.17) is 0 Å². The molecule has 2 rings (SSSR count). The summed E-state index contributed by atoms with van der Waals surface area (Å²) < 4.78 is 0. The van der Waals surface area contributed by atoms with Gasteiger partial charge in [-0.25, -0.2) is 4.98 Å². The molecule has 0 aliphatic carbocycles. The van der Waals surface area contributed by atoms with Crippen LogP contribution in [0.25, 0.3) is 0 Å². The van der Waals surface area contributed by atoms with Gasteiger partial charge < -0.3 is 4.90 Å². The summed E-state index contributed by atoms with van der Waals surface area (Å²) in [6.45, 7) is 4.37. The topological polar surface area (TPSA) is 19.4 Å². The first-order valence-corrected chi connectivity index (χ1v) is 6.60. The molecule has 1 saturated heterocycles. The van der Waals surface area contributed by atoms with Gasteiger partial charge in [-0.05, 0) is 39.4 Å². The Bertz CT molecular complexity index is 364. The second-order valence-electron chi connectivity index (χ2n) is 4.92. The van der Waals surface area contributed by atoms with Crippen LogP contribution in [0.15, 0.2) is 18.3 Å². The van der Waals surface area contributed by atoms with Crippen molar-refractivity contribution in [2.75, 3.05) is 32.1 Å². The molecule has 1 aromatic heterocycles. The zero-order chi connectivity index (χ0) is 12.3. The molecule has 1 atom stereocenters. The summed E-state index contributed by atoms with van der Waals surface area (Å²) in [6, 6.07) is 4.84. The van der Waals surface area contributed by atoms with Gasteiger partial charge in [-0.15, -0.1) is 0 Å². The van der Waals surface area contributed by atoms with Crippen molar-refractivity contribution in [2.45, 2.75) is 32.2 Å². The van der Waals surface area contributed by atoms with Crippen LogP contribution in [0.2, 0.25) is 0 Å². The van der Waals surface area contributed by atoms with Gasteiger partial charge >= 0.3 is 0 Å². The van der Waals surface area contributed by atoms with Gasteiger partial charge in [0.15, 0.2) is 0 Å². The number of rotatable bonds is 3. The van der Waals surface area contributed by atoms with Crippen LogP contribution in [-0.2, 0) is 0 Å². The van der Waals surface area contributed by atoms with Gasteiger partial charge in [0, 0.05) is 31.4 Å². The Kier molecular flexibility index (Phi) is 4.00. The summed E-state index contributed by atoms with van der Waals surface area (Å²) in [4.78, 5) is 9.26. The summed E-state index contributed by atoms with van der Waals surface area (Å²) in [7, 11) is 4.35. The van der Waals surface area contributed by atoms with Crippen LogP contribution >= 0.6 is 0 Å². The molecule has 0 unspecified atom stereocenters. The molecule has 3 nitrogen and oxygen atoms in total. The van der Waals surface area contributed by atoms with E-state index in [1.165, 1.54) is 31.4 Å². The monoisotopic (exact) mass is 233 g/mol. The molecule has 0 bridgehead atoms. The zero-order valence-electron chi connectivity index (χ0n) is 11.2. The Morgan fingerprint density at radius 2 is 2.29 bits per heavy atom. The van der Waals surface area contributed by atoms with Gasteiger partial charge in [0.2, 0.25) is 0 Å². The summed E-state index contributed by atoms with van der Waals surface area (Å²) in [5, 5.41) is 0. The van der Waals surface area contributed by atoms with E-state index in [-0.39, 0.29) is 0 Å². The number of nitrogens with zero attached hydrogens (tertiary/aromatic N) is 3. The van der Waals surface area contributed by atoms with Crippen LogP contribution in [-0.4, -0.2) is 37.1 Å². The predicted octanol–water partition coefficient (Wildman–Crippen LogP) is 2.69. The Hall–Kier alpha value is -1.09. The highest BCUT2D eigenvalue weighted by Crippen LogP contribution is 2.33. The molecule has 0 aromatic carbocycles. The van der Waals surface area contributed by atoms with Crippen molar-refractivity contribution in [1.29, 1.82) is 0 Å². The van der Waals surface area contributed by atoms with E-state index in [9.17, 15) is 0 Å². The minimum atomic E-state index is 0.543. The van der Waals surface area contributed by atoms with Crippen LogP contribution in [0.3, 0.4) is 0 Å². The van der Waals surface area contributed by atoms with Gasteiger partial charge in [0.05, 0.1) is 0 Å². The quantitative estimate of drug-likeness (QED) is 0.800. The second-order valence-corrected chi connectivity index (χ2v) is 4.92. The van der Waals surface area contributed by atoms with Crippen molar-refractivity contribution >= 4 is 5.82 Å². The third kappa shape index (κ3) is 2.60. The minimum absolute atomic E-state index is 0.543. The average molecular weight is 233 g/mol. The van der Waals surface area contributed by atoms with Gasteiger partial charge in [-0.3, -0.25) is 4.90 Å². The molecule has 17 heavy (non-hydrogen) atoms. The highest BCUT2D eigenvalue weighted by atomic mass is 15.2. The van der Waals surface area contributed by atoms with E-state index in [1.807, 2.05) is 6.20 Å². The standard InChI is InChI=1S/C14H23N3/c1-4-16(2)14-12(8-7-10-15-14)13-9-5-6-11-17(13)3/h7-8,10,13H,4-6,9,11H2,1-3H3/t13-/m1/s1. The summed E-state index contributed by atoms with van der Waals surface area (Å²) in [5.41, 5.74) is 1.39. The Labute approximate surface area is 104 Å². The first kappa shape index (κ1) is 12.4. The highest BCUT2D eigenvalue weighted by molar-refractivity contribution is 5.47. The molecule has 0 spiro atoms. The lowest BCUT2D eigenvalue weighted by Crippen LogP contribution is -2.31. The van der Waals surface area contributed by atoms with Gasteiger partial charge in [-0.2, -0.15) is 0 Å². The van der Waals surface area contributed by atoms with Gasteiger partial charge in [0.25, 0.3) is 0 Å². The number of aromatic nitrogens is 1. The average Bonchev–Trinajstić information content (AvgIpc) is 2.38. The fraction of sp³-hybridized carbons (Fsp3) is 0.643. The molecule has 1 aromatic rings. The van der Waals surface area contributed by atoms with Crippen LogP contribution in [0, 0.1) is 0 Å². The fourth-order valence-electron chi connectivity index (χ4n) is 2.61. The number of piperidine rings is 1. The Morgan fingerprint density at radius 1 is 1.47 bits per heavy atom. The summed E-state index contributed by atoms with van der Waals surface area (Å²) >= 11 is 0. The van der Waals surface area contributed by atoms with E-state index < -0.39 is 0 Å². The van der Waals surface area contributed by atoms with Crippen LogP contribution < -0.4 is 4.90 Å².